The molecule has 0 aromatic heterocycles. The fourth-order valence-electron chi connectivity index (χ4n) is 4.12. The largest absolute Gasteiger partial charge is 0.313 e. The summed E-state index contributed by atoms with van der Waals surface area (Å²) in [5.74, 6) is 4.30. The summed E-state index contributed by atoms with van der Waals surface area (Å²) < 4.78 is 0. The van der Waals surface area contributed by atoms with E-state index in [1.807, 2.05) is 0 Å². The SMILES string of the molecule is CCCC1CC1NCC1CC2CCC1C2. The van der Waals surface area contributed by atoms with Crippen LogP contribution in [0.4, 0.5) is 0 Å². The Bertz CT molecular complexity index is 225. The lowest BCUT2D eigenvalue weighted by molar-refractivity contribution is 0.316. The van der Waals surface area contributed by atoms with Gasteiger partial charge in [0.15, 0.2) is 0 Å². The molecule has 15 heavy (non-hydrogen) atoms. The van der Waals surface area contributed by atoms with Crippen molar-refractivity contribution in [1.29, 1.82) is 0 Å². The average Bonchev–Trinajstić information content (AvgIpc) is 2.70. The van der Waals surface area contributed by atoms with Crippen molar-refractivity contribution < 1.29 is 0 Å². The van der Waals surface area contributed by atoms with E-state index >= 15 is 0 Å². The quantitative estimate of drug-likeness (QED) is 0.730. The fraction of sp³-hybridized carbons (Fsp3) is 1.00. The molecule has 0 heterocycles. The minimum Gasteiger partial charge on any atom is -0.313 e. The van der Waals surface area contributed by atoms with E-state index in [2.05, 4.69) is 12.2 Å². The maximum Gasteiger partial charge on any atom is 0.00992 e. The highest BCUT2D eigenvalue weighted by Crippen LogP contribution is 2.48. The van der Waals surface area contributed by atoms with Crippen molar-refractivity contribution in [1.82, 2.24) is 5.32 Å². The molecule has 0 amide bonds. The smallest absolute Gasteiger partial charge is 0.00992 e. The van der Waals surface area contributed by atoms with Crippen LogP contribution in [0.1, 0.15) is 51.9 Å². The first-order chi connectivity index (χ1) is 7.36. The Labute approximate surface area is 94.0 Å². The maximum atomic E-state index is 3.82. The monoisotopic (exact) mass is 207 g/mol. The summed E-state index contributed by atoms with van der Waals surface area (Å²) in [6.45, 7) is 3.65. The predicted molar refractivity (Wildman–Crippen MR) is 63.7 cm³/mol. The highest BCUT2D eigenvalue weighted by molar-refractivity contribution is 4.96. The molecule has 5 unspecified atom stereocenters. The van der Waals surface area contributed by atoms with Crippen LogP contribution in [0, 0.1) is 23.7 Å². The molecule has 3 aliphatic rings. The lowest BCUT2D eigenvalue weighted by Crippen LogP contribution is -2.28. The van der Waals surface area contributed by atoms with Crippen LogP contribution in [-0.4, -0.2) is 12.6 Å². The first-order valence-electron chi connectivity index (χ1n) is 7.10. The van der Waals surface area contributed by atoms with Crippen LogP contribution in [0.5, 0.6) is 0 Å². The summed E-state index contributed by atoms with van der Waals surface area (Å²) >= 11 is 0. The molecule has 0 aromatic carbocycles. The van der Waals surface area contributed by atoms with E-state index in [-0.39, 0.29) is 0 Å². The van der Waals surface area contributed by atoms with Crippen LogP contribution in [0.25, 0.3) is 0 Å². The molecular weight excluding hydrogens is 182 g/mol. The van der Waals surface area contributed by atoms with Crippen molar-refractivity contribution in [3.63, 3.8) is 0 Å². The van der Waals surface area contributed by atoms with Crippen LogP contribution in [0.15, 0.2) is 0 Å². The third kappa shape index (κ3) is 2.08. The minimum absolute atomic E-state index is 0.907. The van der Waals surface area contributed by atoms with Gasteiger partial charge in [0.2, 0.25) is 0 Å². The van der Waals surface area contributed by atoms with Gasteiger partial charge in [-0.05, 0) is 62.3 Å². The van der Waals surface area contributed by atoms with E-state index in [1.54, 1.807) is 25.7 Å². The Morgan fingerprint density at radius 1 is 1.07 bits per heavy atom. The molecule has 1 N–H and O–H groups in total. The van der Waals surface area contributed by atoms with Crippen molar-refractivity contribution in [2.45, 2.75) is 57.9 Å². The van der Waals surface area contributed by atoms with Crippen molar-refractivity contribution in [3.05, 3.63) is 0 Å². The summed E-state index contributed by atoms with van der Waals surface area (Å²) in [5.41, 5.74) is 0. The van der Waals surface area contributed by atoms with Gasteiger partial charge in [-0.3, -0.25) is 0 Å². The van der Waals surface area contributed by atoms with Gasteiger partial charge >= 0.3 is 0 Å². The third-order valence-electron chi connectivity index (χ3n) is 5.11. The van der Waals surface area contributed by atoms with Gasteiger partial charge < -0.3 is 5.32 Å². The summed E-state index contributed by atoms with van der Waals surface area (Å²) in [6, 6.07) is 0.907. The van der Waals surface area contributed by atoms with Gasteiger partial charge in [-0.25, -0.2) is 0 Å². The molecule has 0 saturated heterocycles. The zero-order valence-electron chi connectivity index (χ0n) is 10.0. The van der Waals surface area contributed by atoms with E-state index < -0.39 is 0 Å². The fourth-order valence-corrected chi connectivity index (χ4v) is 4.12. The molecule has 1 heteroatoms. The number of hydrogen-bond donors (Lipinski definition) is 1. The van der Waals surface area contributed by atoms with E-state index in [0.29, 0.717) is 0 Å². The standard InChI is InChI=1S/C14H25N/c1-2-3-12-8-14(12)15-9-13-7-10-4-5-11(13)6-10/h10-15H,2-9H2,1H3. The van der Waals surface area contributed by atoms with Gasteiger partial charge in [0.05, 0.1) is 0 Å². The van der Waals surface area contributed by atoms with Crippen molar-refractivity contribution in [2.75, 3.05) is 6.54 Å². The van der Waals surface area contributed by atoms with Gasteiger partial charge in [0, 0.05) is 6.04 Å². The summed E-state index contributed by atoms with van der Waals surface area (Å²) in [6.07, 6.45) is 10.5. The molecule has 3 fully saturated rings. The number of nitrogens with one attached hydrogen (secondary N) is 1. The summed E-state index contributed by atoms with van der Waals surface area (Å²) in [4.78, 5) is 0. The summed E-state index contributed by atoms with van der Waals surface area (Å²) in [5, 5.41) is 3.82. The van der Waals surface area contributed by atoms with Crippen molar-refractivity contribution in [3.8, 4) is 0 Å². The lowest BCUT2D eigenvalue weighted by atomic mass is 9.89. The first-order valence-corrected chi connectivity index (χ1v) is 7.10. The summed E-state index contributed by atoms with van der Waals surface area (Å²) in [7, 11) is 0. The third-order valence-corrected chi connectivity index (χ3v) is 5.11. The number of hydrogen-bond acceptors (Lipinski definition) is 1. The topological polar surface area (TPSA) is 12.0 Å². The molecule has 86 valence electrons. The van der Waals surface area contributed by atoms with Gasteiger partial charge in [-0.15, -0.1) is 0 Å². The van der Waals surface area contributed by atoms with Crippen LogP contribution < -0.4 is 5.32 Å². The first kappa shape index (κ1) is 10.1. The van der Waals surface area contributed by atoms with Crippen molar-refractivity contribution >= 4 is 0 Å². The molecular formula is C14H25N. The Kier molecular flexibility index (Phi) is 2.76. The zero-order chi connectivity index (χ0) is 10.3. The highest BCUT2D eigenvalue weighted by atomic mass is 15.0. The second kappa shape index (κ2) is 4.08. The van der Waals surface area contributed by atoms with E-state index in [9.17, 15) is 0 Å². The maximum absolute atomic E-state index is 3.82. The van der Waals surface area contributed by atoms with Crippen molar-refractivity contribution in [2.24, 2.45) is 23.7 Å². The van der Waals surface area contributed by atoms with Crippen LogP contribution >= 0.6 is 0 Å². The molecule has 3 saturated carbocycles. The lowest BCUT2D eigenvalue weighted by Gasteiger charge is -2.22. The van der Waals surface area contributed by atoms with Crippen LogP contribution in [0.2, 0.25) is 0 Å². The highest BCUT2D eigenvalue weighted by Gasteiger charge is 2.41. The molecule has 3 aliphatic carbocycles. The Balaban J connectivity index is 1.37. The van der Waals surface area contributed by atoms with E-state index in [1.165, 1.54) is 25.8 Å². The van der Waals surface area contributed by atoms with Crippen LogP contribution in [-0.2, 0) is 0 Å². The predicted octanol–water partition coefficient (Wildman–Crippen LogP) is 3.20. The Hall–Kier alpha value is -0.0400. The average molecular weight is 207 g/mol. The number of fused-ring (bicyclic) bond motifs is 2. The van der Waals surface area contributed by atoms with Gasteiger partial charge in [-0.1, -0.05) is 19.8 Å². The van der Waals surface area contributed by atoms with Crippen LogP contribution in [0.3, 0.4) is 0 Å². The molecule has 0 spiro atoms. The van der Waals surface area contributed by atoms with Gasteiger partial charge in [0.25, 0.3) is 0 Å². The normalized spacial score (nSPS) is 47.4. The number of rotatable bonds is 5. The Morgan fingerprint density at radius 2 is 2.00 bits per heavy atom. The second-order valence-electron chi connectivity index (χ2n) is 6.23. The van der Waals surface area contributed by atoms with Gasteiger partial charge in [-0.2, -0.15) is 0 Å². The second-order valence-corrected chi connectivity index (χ2v) is 6.23. The molecule has 0 aliphatic heterocycles. The molecule has 0 radical (unpaired) electrons. The molecule has 5 atom stereocenters. The molecule has 3 rings (SSSR count). The Morgan fingerprint density at radius 3 is 2.67 bits per heavy atom. The molecule has 0 aromatic rings. The van der Waals surface area contributed by atoms with E-state index in [4.69, 9.17) is 0 Å². The molecule has 2 bridgehead atoms. The zero-order valence-corrected chi connectivity index (χ0v) is 10.0. The van der Waals surface area contributed by atoms with E-state index in [0.717, 1.165) is 29.7 Å². The minimum atomic E-state index is 0.907. The van der Waals surface area contributed by atoms with Gasteiger partial charge in [0.1, 0.15) is 0 Å². The molecule has 1 nitrogen and oxygen atoms in total.